The number of carbonyl (C=O) groups is 1. The molecule has 3 rings (SSSR count). The Hall–Kier alpha value is -1.37. The lowest BCUT2D eigenvalue weighted by Gasteiger charge is -2.27. The molecule has 2 unspecified atom stereocenters. The fraction of sp³-hybridized carbons (Fsp3) is 0.267. The minimum absolute atomic E-state index is 0.0550. The predicted molar refractivity (Wildman–Crippen MR) is 87.5 cm³/mol. The molecule has 0 N–H and O–H groups in total. The summed E-state index contributed by atoms with van der Waals surface area (Å²) in [6, 6.07) is 13.2. The molecule has 116 valence electrons. The van der Waals surface area contributed by atoms with Gasteiger partial charge in [0, 0.05) is 28.5 Å². The third-order valence-corrected chi connectivity index (χ3v) is 6.55. The van der Waals surface area contributed by atoms with Crippen LogP contribution in [0.15, 0.2) is 47.8 Å². The van der Waals surface area contributed by atoms with Gasteiger partial charge in [0.05, 0.1) is 6.04 Å². The third-order valence-electron chi connectivity index (χ3n) is 3.76. The van der Waals surface area contributed by atoms with Crippen molar-refractivity contribution in [1.29, 1.82) is 0 Å². The lowest BCUT2D eigenvalue weighted by Crippen LogP contribution is -2.31. The zero-order chi connectivity index (χ0) is 15.7. The van der Waals surface area contributed by atoms with Gasteiger partial charge in [0.25, 0.3) is 0 Å². The van der Waals surface area contributed by atoms with E-state index in [-0.39, 0.29) is 24.9 Å². The van der Waals surface area contributed by atoms with Crippen molar-refractivity contribution in [3.63, 3.8) is 0 Å². The number of amides is 1. The van der Waals surface area contributed by atoms with Crippen molar-refractivity contribution in [1.82, 2.24) is 4.90 Å². The molecule has 0 bridgehead atoms. The molecule has 1 amide bonds. The molecule has 0 saturated carbocycles. The van der Waals surface area contributed by atoms with E-state index in [4.69, 9.17) is 10.7 Å². The number of rotatable bonds is 4. The summed E-state index contributed by atoms with van der Waals surface area (Å²) in [6.45, 7) is 0.127. The molecule has 1 aliphatic heterocycles. The molecule has 0 aliphatic carbocycles. The monoisotopic (exact) mass is 355 g/mol. The molecule has 1 aromatic heterocycles. The number of benzene rings is 1. The number of carbonyl (C=O) groups excluding carboxylic acids is 1. The average molecular weight is 356 g/mol. The fourth-order valence-corrected chi connectivity index (χ4v) is 4.62. The molecule has 0 radical (unpaired) electrons. The summed E-state index contributed by atoms with van der Waals surface area (Å²) >= 11 is 1.55. The summed E-state index contributed by atoms with van der Waals surface area (Å²) in [7, 11) is 1.70. The van der Waals surface area contributed by atoms with Gasteiger partial charge in [-0.1, -0.05) is 36.4 Å². The van der Waals surface area contributed by atoms with E-state index < -0.39 is 14.3 Å². The molecule has 22 heavy (non-hydrogen) atoms. The van der Waals surface area contributed by atoms with Gasteiger partial charge < -0.3 is 4.90 Å². The Bertz CT molecular complexity index is 759. The van der Waals surface area contributed by atoms with Crippen LogP contribution in [0.1, 0.15) is 22.9 Å². The average Bonchev–Trinajstić information content (AvgIpc) is 3.11. The highest BCUT2D eigenvalue weighted by molar-refractivity contribution is 8.14. The van der Waals surface area contributed by atoms with Gasteiger partial charge in [-0.15, -0.1) is 11.3 Å². The number of hydrogen-bond acceptors (Lipinski definition) is 4. The minimum Gasteiger partial charge on any atom is -0.329 e. The second-order valence-corrected chi connectivity index (χ2v) is 9.06. The van der Waals surface area contributed by atoms with Crippen LogP contribution in [0, 0.1) is 0 Å². The Morgan fingerprint density at radius 2 is 1.91 bits per heavy atom. The largest absolute Gasteiger partial charge is 0.329 e. The maximum atomic E-state index is 12.3. The van der Waals surface area contributed by atoms with Gasteiger partial charge in [0.15, 0.2) is 0 Å². The molecule has 1 fully saturated rings. The van der Waals surface area contributed by atoms with Crippen molar-refractivity contribution in [3.05, 3.63) is 58.3 Å². The standard InChI is InChI=1S/C15H14ClNO3S2/c16-22(19,20)12-9-14(18)17(10-12)15(13-7-4-8-21-13)11-5-2-1-3-6-11/h1-8,12,15H,9-10H2. The van der Waals surface area contributed by atoms with E-state index in [1.165, 1.54) is 0 Å². The molecular formula is C15H14ClNO3S2. The van der Waals surface area contributed by atoms with Gasteiger partial charge in [-0.3, -0.25) is 4.79 Å². The van der Waals surface area contributed by atoms with Gasteiger partial charge in [0.2, 0.25) is 15.0 Å². The first-order valence-electron chi connectivity index (χ1n) is 6.78. The first-order chi connectivity index (χ1) is 10.5. The molecule has 1 aliphatic rings. The van der Waals surface area contributed by atoms with Gasteiger partial charge in [-0.25, -0.2) is 8.42 Å². The van der Waals surface area contributed by atoms with Crippen LogP contribution in [0.5, 0.6) is 0 Å². The predicted octanol–water partition coefficient (Wildman–Crippen LogP) is 3.01. The molecule has 4 nitrogen and oxygen atoms in total. The Morgan fingerprint density at radius 3 is 2.45 bits per heavy atom. The van der Waals surface area contributed by atoms with Crippen LogP contribution in [-0.4, -0.2) is 31.0 Å². The highest BCUT2D eigenvalue weighted by atomic mass is 35.7. The number of hydrogen-bond donors (Lipinski definition) is 0. The Balaban J connectivity index is 1.99. The highest BCUT2D eigenvalue weighted by Gasteiger charge is 2.41. The van der Waals surface area contributed by atoms with Crippen LogP contribution in [0.25, 0.3) is 0 Å². The lowest BCUT2D eigenvalue weighted by molar-refractivity contribution is -0.129. The Morgan fingerprint density at radius 1 is 1.18 bits per heavy atom. The maximum Gasteiger partial charge on any atom is 0.237 e. The second-order valence-electron chi connectivity index (χ2n) is 5.18. The number of nitrogens with zero attached hydrogens (tertiary/aromatic N) is 1. The Labute approximate surface area is 137 Å². The molecule has 1 saturated heterocycles. The smallest absolute Gasteiger partial charge is 0.237 e. The molecule has 1 aromatic carbocycles. The van der Waals surface area contributed by atoms with Crippen LogP contribution in [0.2, 0.25) is 0 Å². The first kappa shape index (κ1) is 15.5. The van der Waals surface area contributed by atoms with Gasteiger partial charge >= 0.3 is 0 Å². The number of thiophene rings is 1. The van der Waals surface area contributed by atoms with E-state index in [1.54, 1.807) is 16.2 Å². The molecule has 2 heterocycles. The summed E-state index contributed by atoms with van der Waals surface area (Å²) in [5.74, 6) is -0.184. The van der Waals surface area contributed by atoms with Crippen molar-refractivity contribution in [2.45, 2.75) is 17.7 Å². The third kappa shape index (κ3) is 3.04. The minimum atomic E-state index is -3.74. The van der Waals surface area contributed by atoms with E-state index >= 15 is 0 Å². The zero-order valence-electron chi connectivity index (χ0n) is 11.6. The van der Waals surface area contributed by atoms with Crippen molar-refractivity contribution in [2.75, 3.05) is 6.54 Å². The molecule has 0 spiro atoms. The number of likely N-dealkylation sites (tertiary alicyclic amines) is 1. The Kier molecular flexibility index (Phi) is 4.25. The summed E-state index contributed by atoms with van der Waals surface area (Å²) in [5, 5.41) is 1.11. The molecular weight excluding hydrogens is 342 g/mol. The van der Waals surface area contributed by atoms with Gasteiger partial charge in [0.1, 0.15) is 5.25 Å². The van der Waals surface area contributed by atoms with Crippen LogP contribution in [0.3, 0.4) is 0 Å². The van der Waals surface area contributed by atoms with E-state index in [9.17, 15) is 13.2 Å². The van der Waals surface area contributed by atoms with Crippen molar-refractivity contribution in [2.24, 2.45) is 0 Å². The topological polar surface area (TPSA) is 54.5 Å². The maximum absolute atomic E-state index is 12.3. The van der Waals surface area contributed by atoms with Crippen LogP contribution >= 0.6 is 22.0 Å². The quantitative estimate of drug-likeness (QED) is 0.792. The molecule has 2 atom stereocenters. The van der Waals surface area contributed by atoms with Crippen molar-refractivity contribution < 1.29 is 13.2 Å². The van der Waals surface area contributed by atoms with Crippen molar-refractivity contribution >= 4 is 37.0 Å². The summed E-state index contributed by atoms with van der Waals surface area (Å²) < 4.78 is 23.1. The molecule has 7 heteroatoms. The first-order valence-corrected chi connectivity index (χ1v) is 10.0. The fourth-order valence-electron chi connectivity index (χ4n) is 2.72. The highest BCUT2D eigenvalue weighted by Crippen LogP contribution is 2.36. The summed E-state index contributed by atoms with van der Waals surface area (Å²) in [4.78, 5) is 15.0. The normalized spacial score (nSPS) is 20.3. The van der Waals surface area contributed by atoms with E-state index in [0.717, 1.165) is 10.4 Å². The van der Waals surface area contributed by atoms with E-state index in [1.807, 2.05) is 47.8 Å². The van der Waals surface area contributed by atoms with E-state index in [2.05, 4.69) is 0 Å². The van der Waals surface area contributed by atoms with Crippen molar-refractivity contribution in [3.8, 4) is 0 Å². The molecule has 2 aromatic rings. The van der Waals surface area contributed by atoms with Crippen LogP contribution in [-0.2, 0) is 13.8 Å². The SMILES string of the molecule is O=C1CC(S(=O)(=O)Cl)CN1C(c1ccccc1)c1cccs1. The summed E-state index contributed by atoms with van der Waals surface area (Å²) in [6.07, 6.45) is -0.0550. The second kappa shape index (κ2) is 6.02. The zero-order valence-corrected chi connectivity index (χ0v) is 13.9. The van der Waals surface area contributed by atoms with Crippen LogP contribution in [0.4, 0.5) is 0 Å². The van der Waals surface area contributed by atoms with Gasteiger partial charge in [-0.05, 0) is 17.0 Å². The number of halogens is 1. The van der Waals surface area contributed by atoms with Crippen LogP contribution < -0.4 is 0 Å². The summed E-state index contributed by atoms with van der Waals surface area (Å²) in [5.41, 5.74) is 0.964. The van der Waals surface area contributed by atoms with Gasteiger partial charge in [-0.2, -0.15) is 0 Å². The lowest BCUT2D eigenvalue weighted by atomic mass is 10.0. The van der Waals surface area contributed by atoms with E-state index in [0.29, 0.717) is 0 Å².